The van der Waals surface area contributed by atoms with Crippen molar-refractivity contribution < 1.29 is 0 Å². The van der Waals surface area contributed by atoms with Gasteiger partial charge >= 0.3 is 0 Å². The van der Waals surface area contributed by atoms with E-state index in [4.69, 9.17) is 11.0 Å². The summed E-state index contributed by atoms with van der Waals surface area (Å²) in [5, 5.41) is 15.5. The second-order valence-corrected chi connectivity index (χ2v) is 3.56. The van der Waals surface area contributed by atoms with Crippen LogP contribution in [0.25, 0.3) is 0 Å². The molecule has 2 rings (SSSR count). The first-order valence-corrected chi connectivity index (χ1v) is 5.08. The number of hydrogen-bond acceptors (Lipinski definition) is 3. The lowest BCUT2D eigenvalue weighted by Crippen LogP contribution is -1.94. The highest BCUT2D eigenvalue weighted by molar-refractivity contribution is 5.50. The van der Waals surface area contributed by atoms with Crippen molar-refractivity contribution in [3.8, 4) is 6.07 Å². The predicted molar refractivity (Wildman–Crippen MR) is 61.6 cm³/mol. The average molecular weight is 212 g/mol. The van der Waals surface area contributed by atoms with Gasteiger partial charge in [-0.3, -0.25) is 5.10 Å². The number of nitrogen functional groups attached to an aromatic ring is 1. The lowest BCUT2D eigenvalue weighted by Gasteiger charge is -1.99. The Bertz CT molecular complexity index is 508. The molecule has 1 aromatic heterocycles. The van der Waals surface area contributed by atoms with E-state index < -0.39 is 0 Å². The number of aryl methyl sites for hydroxylation is 2. The molecule has 0 saturated heterocycles. The standard InChI is InChI=1S/C12H12N4/c13-8-10-11(15-16-12(10)14)7-6-9-4-2-1-3-5-9/h1-5H,6-7H2,(H3,14,15,16). The summed E-state index contributed by atoms with van der Waals surface area (Å²) in [5.74, 6) is 0.283. The van der Waals surface area contributed by atoms with Gasteiger partial charge in [-0.1, -0.05) is 30.3 Å². The minimum atomic E-state index is 0.283. The van der Waals surface area contributed by atoms with Crippen molar-refractivity contribution >= 4 is 5.82 Å². The summed E-state index contributed by atoms with van der Waals surface area (Å²) in [6, 6.07) is 12.2. The fourth-order valence-corrected chi connectivity index (χ4v) is 1.61. The lowest BCUT2D eigenvalue weighted by molar-refractivity contribution is 0.891. The second kappa shape index (κ2) is 4.49. The van der Waals surface area contributed by atoms with Gasteiger partial charge < -0.3 is 5.73 Å². The Hall–Kier alpha value is -2.28. The highest BCUT2D eigenvalue weighted by Crippen LogP contribution is 2.14. The third-order valence-electron chi connectivity index (χ3n) is 2.49. The summed E-state index contributed by atoms with van der Waals surface area (Å²) in [6.07, 6.45) is 1.62. The summed E-state index contributed by atoms with van der Waals surface area (Å²) in [6.45, 7) is 0. The Morgan fingerprint density at radius 1 is 1.25 bits per heavy atom. The van der Waals surface area contributed by atoms with Crippen LogP contribution in [0, 0.1) is 11.3 Å². The molecular weight excluding hydrogens is 200 g/mol. The summed E-state index contributed by atoms with van der Waals surface area (Å²) in [7, 11) is 0. The molecule has 16 heavy (non-hydrogen) atoms. The van der Waals surface area contributed by atoms with Crippen molar-refractivity contribution in [2.75, 3.05) is 5.73 Å². The maximum absolute atomic E-state index is 8.90. The largest absolute Gasteiger partial charge is 0.381 e. The van der Waals surface area contributed by atoms with Crippen molar-refractivity contribution in [2.45, 2.75) is 12.8 Å². The first-order chi connectivity index (χ1) is 7.81. The molecule has 0 spiro atoms. The predicted octanol–water partition coefficient (Wildman–Crippen LogP) is 1.65. The Morgan fingerprint density at radius 2 is 2.00 bits per heavy atom. The van der Waals surface area contributed by atoms with Crippen molar-refractivity contribution in [1.29, 1.82) is 5.26 Å². The van der Waals surface area contributed by atoms with Crippen LogP contribution in [0.3, 0.4) is 0 Å². The molecule has 0 aliphatic heterocycles. The molecule has 0 amide bonds. The quantitative estimate of drug-likeness (QED) is 0.811. The topological polar surface area (TPSA) is 78.5 Å². The molecule has 1 aromatic carbocycles. The molecule has 0 bridgehead atoms. The van der Waals surface area contributed by atoms with Crippen LogP contribution in [0.1, 0.15) is 16.8 Å². The number of nitriles is 1. The van der Waals surface area contributed by atoms with Crippen LogP contribution in [-0.4, -0.2) is 10.2 Å². The fourth-order valence-electron chi connectivity index (χ4n) is 1.61. The summed E-state index contributed by atoms with van der Waals surface area (Å²) >= 11 is 0. The van der Waals surface area contributed by atoms with Gasteiger partial charge in [0.25, 0.3) is 0 Å². The van der Waals surface area contributed by atoms with Crippen molar-refractivity contribution in [3.05, 3.63) is 47.2 Å². The molecule has 0 aliphatic rings. The molecule has 4 heteroatoms. The number of H-pyrrole nitrogens is 1. The van der Waals surface area contributed by atoms with Gasteiger partial charge in [-0.25, -0.2) is 0 Å². The molecule has 0 aliphatic carbocycles. The number of nitrogens with two attached hydrogens (primary N) is 1. The zero-order valence-electron chi connectivity index (χ0n) is 8.77. The van der Waals surface area contributed by atoms with Gasteiger partial charge in [0, 0.05) is 0 Å². The normalized spacial score (nSPS) is 9.94. The van der Waals surface area contributed by atoms with Crippen LogP contribution >= 0.6 is 0 Å². The van der Waals surface area contributed by atoms with E-state index >= 15 is 0 Å². The molecule has 0 fully saturated rings. The van der Waals surface area contributed by atoms with Crippen LogP contribution in [-0.2, 0) is 12.8 Å². The number of nitrogens with one attached hydrogen (secondary N) is 1. The molecule has 0 unspecified atom stereocenters. The Labute approximate surface area is 93.7 Å². The third-order valence-corrected chi connectivity index (χ3v) is 2.49. The molecule has 0 saturated carbocycles. The van der Waals surface area contributed by atoms with Gasteiger partial charge in [0.15, 0.2) is 5.82 Å². The zero-order chi connectivity index (χ0) is 11.4. The Morgan fingerprint density at radius 3 is 2.69 bits per heavy atom. The van der Waals surface area contributed by atoms with Gasteiger partial charge in [-0.2, -0.15) is 10.4 Å². The van der Waals surface area contributed by atoms with Gasteiger partial charge in [-0.05, 0) is 18.4 Å². The number of benzene rings is 1. The molecular formula is C12H12N4. The zero-order valence-corrected chi connectivity index (χ0v) is 8.77. The fraction of sp³-hybridized carbons (Fsp3) is 0.167. The lowest BCUT2D eigenvalue weighted by atomic mass is 10.1. The number of rotatable bonds is 3. The van der Waals surface area contributed by atoms with Gasteiger partial charge in [0.1, 0.15) is 11.6 Å². The minimum absolute atomic E-state index is 0.283. The van der Waals surface area contributed by atoms with Crippen molar-refractivity contribution in [3.63, 3.8) is 0 Å². The van der Waals surface area contributed by atoms with E-state index in [1.807, 2.05) is 18.2 Å². The van der Waals surface area contributed by atoms with Crippen LogP contribution in [0.4, 0.5) is 5.82 Å². The van der Waals surface area contributed by atoms with E-state index in [-0.39, 0.29) is 5.82 Å². The van der Waals surface area contributed by atoms with Crippen molar-refractivity contribution in [2.24, 2.45) is 0 Å². The molecule has 0 radical (unpaired) electrons. The maximum atomic E-state index is 8.90. The SMILES string of the molecule is N#Cc1c(N)n[nH]c1CCc1ccccc1. The monoisotopic (exact) mass is 212 g/mol. The summed E-state index contributed by atoms with van der Waals surface area (Å²) in [4.78, 5) is 0. The average Bonchev–Trinajstić information content (AvgIpc) is 2.68. The Balaban J connectivity index is 2.09. The molecule has 2 aromatic rings. The number of anilines is 1. The van der Waals surface area contributed by atoms with Crippen LogP contribution in [0.2, 0.25) is 0 Å². The smallest absolute Gasteiger partial charge is 0.163 e. The molecule has 80 valence electrons. The Kier molecular flexibility index (Phi) is 2.88. The van der Waals surface area contributed by atoms with Crippen LogP contribution < -0.4 is 5.73 Å². The van der Waals surface area contributed by atoms with Gasteiger partial charge in [0.05, 0.1) is 5.69 Å². The molecule has 1 heterocycles. The number of aromatic amines is 1. The second-order valence-electron chi connectivity index (χ2n) is 3.56. The van der Waals surface area contributed by atoms with Crippen molar-refractivity contribution in [1.82, 2.24) is 10.2 Å². The summed E-state index contributed by atoms with van der Waals surface area (Å²) in [5.41, 5.74) is 8.07. The summed E-state index contributed by atoms with van der Waals surface area (Å²) < 4.78 is 0. The first kappa shape index (κ1) is 10.2. The van der Waals surface area contributed by atoms with E-state index in [1.165, 1.54) is 5.56 Å². The molecule has 3 N–H and O–H groups in total. The maximum Gasteiger partial charge on any atom is 0.163 e. The van der Waals surface area contributed by atoms with Gasteiger partial charge in [0.2, 0.25) is 0 Å². The van der Waals surface area contributed by atoms with Gasteiger partial charge in [-0.15, -0.1) is 0 Å². The van der Waals surface area contributed by atoms with E-state index in [0.717, 1.165) is 18.5 Å². The minimum Gasteiger partial charge on any atom is -0.381 e. The molecule has 4 nitrogen and oxygen atoms in total. The highest BCUT2D eigenvalue weighted by Gasteiger charge is 2.09. The third kappa shape index (κ3) is 2.04. The van der Waals surface area contributed by atoms with Crippen LogP contribution in [0.15, 0.2) is 30.3 Å². The van der Waals surface area contributed by atoms with E-state index in [9.17, 15) is 0 Å². The van der Waals surface area contributed by atoms with E-state index in [2.05, 4.69) is 28.4 Å². The number of nitrogens with zero attached hydrogens (tertiary/aromatic N) is 2. The van der Waals surface area contributed by atoms with E-state index in [0.29, 0.717) is 5.56 Å². The van der Waals surface area contributed by atoms with E-state index in [1.54, 1.807) is 0 Å². The number of hydrogen-bond donors (Lipinski definition) is 2. The van der Waals surface area contributed by atoms with Crippen LogP contribution in [0.5, 0.6) is 0 Å². The molecule has 0 atom stereocenters. The number of aromatic nitrogens is 2. The highest BCUT2D eigenvalue weighted by atomic mass is 15.2. The first-order valence-electron chi connectivity index (χ1n) is 5.08.